The summed E-state index contributed by atoms with van der Waals surface area (Å²) in [4.78, 5) is 36.8. The Labute approximate surface area is 170 Å². The van der Waals surface area contributed by atoms with Gasteiger partial charge in [0, 0.05) is 17.0 Å². The van der Waals surface area contributed by atoms with Gasteiger partial charge in [0.05, 0.1) is 0 Å². The maximum atomic E-state index is 12.8. The molecule has 0 saturated heterocycles. The lowest BCUT2D eigenvalue weighted by Gasteiger charge is -2.25. The minimum absolute atomic E-state index is 0.168. The van der Waals surface area contributed by atoms with Crippen molar-refractivity contribution in [1.82, 2.24) is 5.32 Å². The van der Waals surface area contributed by atoms with E-state index in [1.807, 2.05) is 20.8 Å². The first-order valence-corrected chi connectivity index (χ1v) is 9.68. The van der Waals surface area contributed by atoms with E-state index < -0.39 is 29.3 Å². The van der Waals surface area contributed by atoms with E-state index in [1.54, 1.807) is 39.8 Å². The molecule has 0 aliphatic rings. The molecule has 0 bridgehead atoms. The Bertz CT molecular complexity index is 970. The van der Waals surface area contributed by atoms with Crippen molar-refractivity contribution in [2.24, 2.45) is 5.92 Å². The van der Waals surface area contributed by atoms with Crippen molar-refractivity contribution in [2.75, 3.05) is 0 Å². The monoisotopic (exact) mass is 403 g/mol. The number of benzene rings is 1. The normalized spacial score (nSPS) is 13.6. The fourth-order valence-corrected chi connectivity index (χ4v) is 2.78. The summed E-state index contributed by atoms with van der Waals surface area (Å²) < 4.78 is 16.0. The zero-order valence-corrected chi connectivity index (χ0v) is 18.0. The molecule has 158 valence electrons. The molecule has 0 spiro atoms. The summed E-state index contributed by atoms with van der Waals surface area (Å²) in [6.07, 6.45) is -0.0314. The fraction of sp³-hybridized carbons (Fsp3) is 0.500. The first kappa shape index (κ1) is 22.5. The van der Waals surface area contributed by atoms with Crippen LogP contribution in [0.1, 0.15) is 52.2 Å². The molecule has 1 amide bonds. The van der Waals surface area contributed by atoms with Crippen LogP contribution in [0.15, 0.2) is 27.4 Å². The number of alkyl carbamates (subject to hydrolysis) is 1. The van der Waals surface area contributed by atoms with Gasteiger partial charge in [-0.25, -0.2) is 14.4 Å². The number of carbonyl (C=O) groups excluding carboxylic acids is 2. The van der Waals surface area contributed by atoms with Crippen LogP contribution < -0.4 is 15.7 Å². The van der Waals surface area contributed by atoms with Crippen molar-refractivity contribution in [3.05, 3.63) is 39.7 Å². The van der Waals surface area contributed by atoms with Gasteiger partial charge in [0.1, 0.15) is 23.0 Å². The van der Waals surface area contributed by atoms with Gasteiger partial charge in [0.2, 0.25) is 0 Å². The van der Waals surface area contributed by atoms with Gasteiger partial charge in [-0.05, 0) is 58.2 Å². The highest BCUT2D eigenvalue weighted by Gasteiger charge is 2.30. The largest absolute Gasteiger partial charge is 0.444 e. The van der Waals surface area contributed by atoms with Crippen molar-refractivity contribution in [3.63, 3.8) is 0 Å². The van der Waals surface area contributed by atoms with E-state index in [4.69, 9.17) is 13.9 Å². The molecule has 0 saturated carbocycles. The molecule has 0 radical (unpaired) electrons. The van der Waals surface area contributed by atoms with Crippen molar-refractivity contribution in [3.8, 4) is 5.75 Å². The van der Waals surface area contributed by atoms with Gasteiger partial charge in [-0.15, -0.1) is 0 Å². The Morgan fingerprint density at radius 2 is 1.83 bits per heavy atom. The van der Waals surface area contributed by atoms with Crippen LogP contribution in [0, 0.1) is 19.8 Å². The number of hydrogen-bond donors (Lipinski definition) is 1. The maximum absolute atomic E-state index is 12.8. The topological polar surface area (TPSA) is 94.8 Å². The highest BCUT2D eigenvalue weighted by Crippen LogP contribution is 2.24. The second kappa shape index (κ2) is 8.68. The Balaban J connectivity index is 2.25. The minimum atomic E-state index is -0.877. The second-order valence-corrected chi connectivity index (χ2v) is 8.23. The first-order chi connectivity index (χ1) is 13.4. The third kappa shape index (κ3) is 5.59. The van der Waals surface area contributed by atoms with E-state index in [9.17, 15) is 14.4 Å². The number of aryl methyl sites for hydroxylation is 1. The van der Waals surface area contributed by atoms with Crippen molar-refractivity contribution < 1.29 is 23.5 Å². The van der Waals surface area contributed by atoms with Crippen LogP contribution in [0.5, 0.6) is 5.75 Å². The van der Waals surface area contributed by atoms with E-state index in [-0.39, 0.29) is 11.7 Å². The van der Waals surface area contributed by atoms with Crippen molar-refractivity contribution in [2.45, 2.75) is 66.5 Å². The summed E-state index contributed by atoms with van der Waals surface area (Å²) in [7, 11) is 0. The predicted octanol–water partition coefficient (Wildman–Crippen LogP) is 4.25. The Morgan fingerprint density at radius 1 is 1.17 bits per heavy atom. The molecule has 2 aromatic rings. The zero-order valence-electron chi connectivity index (χ0n) is 18.0. The molecule has 1 heterocycles. The third-order valence-electron chi connectivity index (χ3n) is 4.79. The summed E-state index contributed by atoms with van der Waals surface area (Å²) >= 11 is 0. The molecule has 2 rings (SSSR count). The molecule has 1 aromatic carbocycles. The molecule has 0 aliphatic heterocycles. The van der Waals surface area contributed by atoms with Gasteiger partial charge in [-0.3, -0.25) is 0 Å². The quantitative estimate of drug-likeness (QED) is 0.455. The van der Waals surface area contributed by atoms with Crippen LogP contribution in [0.25, 0.3) is 11.0 Å². The number of amides is 1. The lowest BCUT2D eigenvalue weighted by Crippen LogP contribution is -2.48. The molecular weight excluding hydrogens is 374 g/mol. The van der Waals surface area contributed by atoms with Gasteiger partial charge in [0.15, 0.2) is 0 Å². The van der Waals surface area contributed by atoms with Crippen LogP contribution >= 0.6 is 0 Å². The average molecular weight is 403 g/mol. The molecule has 7 heteroatoms. The zero-order chi connectivity index (χ0) is 21.9. The van der Waals surface area contributed by atoms with E-state index in [0.717, 1.165) is 10.9 Å². The lowest BCUT2D eigenvalue weighted by molar-refractivity contribution is -0.138. The SMILES string of the molecule is CC[C@@H](C)[C@@H](NC(=O)OC(C)(C)C)C(=O)Oc1ccc2c(C)c(C)c(=O)oc2c1. The van der Waals surface area contributed by atoms with Gasteiger partial charge in [0.25, 0.3) is 0 Å². The fourth-order valence-electron chi connectivity index (χ4n) is 2.78. The molecular formula is C22H29NO6. The molecule has 0 fully saturated rings. The summed E-state index contributed by atoms with van der Waals surface area (Å²) in [5.74, 6) is -0.553. The predicted molar refractivity (Wildman–Crippen MR) is 110 cm³/mol. The van der Waals surface area contributed by atoms with E-state index in [1.165, 1.54) is 6.07 Å². The van der Waals surface area contributed by atoms with Crippen LogP contribution in [-0.2, 0) is 9.53 Å². The Kier molecular flexibility index (Phi) is 6.72. The van der Waals surface area contributed by atoms with Crippen LogP contribution in [0.4, 0.5) is 4.79 Å². The van der Waals surface area contributed by atoms with Crippen molar-refractivity contribution >= 4 is 23.0 Å². The van der Waals surface area contributed by atoms with E-state index in [0.29, 0.717) is 17.6 Å². The molecule has 0 aliphatic carbocycles. The minimum Gasteiger partial charge on any atom is -0.444 e. The highest BCUT2D eigenvalue weighted by molar-refractivity contribution is 5.86. The number of esters is 1. The summed E-state index contributed by atoms with van der Waals surface area (Å²) in [5.41, 5.74) is 0.588. The summed E-state index contributed by atoms with van der Waals surface area (Å²) in [6, 6.07) is 4.00. The number of hydrogen-bond acceptors (Lipinski definition) is 6. The highest BCUT2D eigenvalue weighted by atomic mass is 16.6. The summed E-state index contributed by atoms with van der Waals surface area (Å²) in [6.45, 7) is 12.5. The van der Waals surface area contributed by atoms with Crippen LogP contribution in [-0.4, -0.2) is 23.7 Å². The van der Waals surface area contributed by atoms with Gasteiger partial charge in [-0.2, -0.15) is 0 Å². The molecule has 1 N–H and O–H groups in total. The Hall–Kier alpha value is -2.83. The number of rotatable bonds is 5. The lowest BCUT2D eigenvalue weighted by atomic mass is 9.99. The number of carbonyl (C=O) groups is 2. The number of nitrogens with one attached hydrogen (secondary N) is 1. The average Bonchev–Trinajstić information content (AvgIpc) is 2.62. The number of fused-ring (bicyclic) bond motifs is 1. The van der Waals surface area contributed by atoms with E-state index >= 15 is 0 Å². The standard InChI is InChI=1S/C22H29NO6/c1-8-12(2)18(23-21(26)29-22(5,6)7)20(25)27-15-9-10-16-13(3)14(4)19(24)28-17(16)11-15/h9-12,18H,8H2,1-7H3,(H,23,26)/t12-,18-/m1/s1. The number of ether oxygens (including phenoxy) is 2. The van der Waals surface area contributed by atoms with Crippen LogP contribution in [0.2, 0.25) is 0 Å². The molecule has 1 aromatic heterocycles. The molecule has 7 nitrogen and oxygen atoms in total. The molecule has 29 heavy (non-hydrogen) atoms. The van der Waals surface area contributed by atoms with Crippen LogP contribution in [0.3, 0.4) is 0 Å². The molecule has 2 atom stereocenters. The second-order valence-electron chi connectivity index (χ2n) is 8.23. The maximum Gasteiger partial charge on any atom is 0.408 e. The first-order valence-electron chi connectivity index (χ1n) is 9.68. The summed E-state index contributed by atoms with van der Waals surface area (Å²) in [5, 5.41) is 3.37. The van der Waals surface area contributed by atoms with Gasteiger partial charge >= 0.3 is 17.7 Å². The third-order valence-corrected chi connectivity index (χ3v) is 4.79. The smallest absolute Gasteiger partial charge is 0.408 e. The molecule has 0 unspecified atom stereocenters. The Morgan fingerprint density at radius 3 is 2.41 bits per heavy atom. The van der Waals surface area contributed by atoms with Gasteiger partial charge in [-0.1, -0.05) is 20.3 Å². The van der Waals surface area contributed by atoms with Crippen molar-refractivity contribution in [1.29, 1.82) is 0 Å². The van der Waals surface area contributed by atoms with E-state index in [2.05, 4.69) is 5.32 Å². The van der Waals surface area contributed by atoms with Gasteiger partial charge < -0.3 is 19.2 Å².